The Morgan fingerprint density at radius 3 is 2.61 bits per heavy atom. The molecule has 0 unspecified atom stereocenters. The number of aromatic nitrogens is 2. The van der Waals surface area contributed by atoms with E-state index in [0.29, 0.717) is 24.7 Å². The zero-order valence-electron chi connectivity index (χ0n) is 18.8. The number of piperidine rings is 2. The van der Waals surface area contributed by atoms with Gasteiger partial charge in [-0.2, -0.15) is 0 Å². The number of nitrogens with zero attached hydrogens (tertiary/aromatic N) is 4. The highest BCUT2D eigenvalue weighted by atomic mass is 32.2. The lowest BCUT2D eigenvalue weighted by atomic mass is 9.92. The van der Waals surface area contributed by atoms with Gasteiger partial charge in [0.15, 0.2) is 5.82 Å². The van der Waals surface area contributed by atoms with Gasteiger partial charge in [-0.15, -0.1) is 10.2 Å². The summed E-state index contributed by atoms with van der Waals surface area (Å²) in [7, 11) is 0. The van der Waals surface area contributed by atoms with Gasteiger partial charge >= 0.3 is 5.97 Å². The molecule has 33 heavy (non-hydrogen) atoms. The van der Waals surface area contributed by atoms with E-state index in [1.807, 2.05) is 23.1 Å². The summed E-state index contributed by atoms with van der Waals surface area (Å²) in [6, 6.07) is 10.2. The number of likely N-dealkylation sites (tertiary alicyclic amines) is 1. The van der Waals surface area contributed by atoms with Crippen LogP contribution in [-0.2, 0) is 14.3 Å². The minimum atomic E-state index is -0.275. The molecule has 7 nitrogen and oxygen atoms in total. The van der Waals surface area contributed by atoms with E-state index in [1.54, 1.807) is 13.0 Å². The molecule has 176 valence electrons. The number of carbonyl (C=O) groups excluding carboxylic acids is 2. The van der Waals surface area contributed by atoms with Gasteiger partial charge in [0, 0.05) is 37.0 Å². The highest BCUT2D eigenvalue weighted by molar-refractivity contribution is 7.99. The topological polar surface area (TPSA) is 75.6 Å². The van der Waals surface area contributed by atoms with Crippen molar-refractivity contribution in [2.45, 2.75) is 42.5 Å². The summed E-state index contributed by atoms with van der Waals surface area (Å²) < 4.78 is 18.5. The number of hydrogen-bond donors (Lipinski definition) is 0. The maximum atomic E-state index is 13.4. The van der Waals surface area contributed by atoms with Crippen LogP contribution in [0.25, 0.3) is 0 Å². The van der Waals surface area contributed by atoms with Crippen molar-refractivity contribution in [3.63, 3.8) is 0 Å². The van der Waals surface area contributed by atoms with Gasteiger partial charge in [-0.25, -0.2) is 4.39 Å². The van der Waals surface area contributed by atoms with E-state index in [-0.39, 0.29) is 29.5 Å². The van der Waals surface area contributed by atoms with Gasteiger partial charge in [-0.05, 0) is 62.9 Å². The highest BCUT2D eigenvalue weighted by Crippen LogP contribution is 2.29. The number of rotatable bonds is 6. The average molecular weight is 473 g/mol. The van der Waals surface area contributed by atoms with E-state index < -0.39 is 0 Å². The van der Waals surface area contributed by atoms with E-state index in [1.165, 1.54) is 23.9 Å². The van der Waals surface area contributed by atoms with Crippen molar-refractivity contribution < 1.29 is 18.7 Å². The Morgan fingerprint density at radius 1 is 1.09 bits per heavy atom. The summed E-state index contributed by atoms with van der Waals surface area (Å²) in [5.41, 5.74) is 0. The molecular formula is C24H29FN4O3S. The maximum Gasteiger partial charge on any atom is 0.310 e. The molecule has 3 heterocycles. The summed E-state index contributed by atoms with van der Waals surface area (Å²) in [4.78, 5) is 29.9. The van der Waals surface area contributed by atoms with E-state index in [0.717, 1.165) is 49.5 Å². The smallest absolute Gasteiger partial charge is 0.310 e. The first kappa shape index (κ1) is 23.5. The van der Waals surface area contributed by atoms with E-state index >= 15 is 0 Å². The Morgan fingerprint density at radius 2 is 1.91 bits per heavy atom. The summed E-state index contributed by atoms with van der Waals surface area (Å²) in [5, 5.41) is 9.32. The largest absolute Gasteiger partial charge is 0.466 e. The highest BCUT2D eigenvalue weighted by Gasteiger charge is 2.34. The van der Waals surface area contributed by atoms with Gasteiger partial charge in [-0.1, -0.05) is 17.8 Å². The first-order valence-electron chi connectivity index (χ1n) is 11.5. The molecule has 2 aliphatic heterocycles. The first-order chi connectivity index (χ1) is 16.0. The number of esters is 1. The summed E-state index contributed by atoms with van der Waals surface area (Å²) in [5.74, 6) is 0.228. The third-order valence-corrected chi connectivity index (χ3v) is 7.08. The van der Waals surface area contributed by atoms with Crippen LogP contribution in [0.4, 0.5) is 10.2 Å². The predicted octanol–water partition coefficient (Wildman–Crippen LogP) is 3.79. The molecule has 1 amide bonds. The maximum absolute atomic E-state index is 13.4. The Bertz CT molecular complexity index is 966. The van der Waals surface area contributed by atoms with Crippen molar-refractivity contribution in [1.29, 1.82) is 0 Å². The van der Waals surface area contributed by atoms with Crippen LogP contribution in [0, 0.1) is 17.7 Å². The molecule has 0 saturated carbocycles. The second-order valence-electron chi connectivity index (χ2n) is 8.43. The van der Waals surface area contributed by atoms with Gasteiger partial charge in [0.25, 0.3) is 0 Å². The van der Waals surface area contributed by atoms with Gasteiger partial charge < -0.3 is 14.5 Å². The fourth-order valence-corrected chi connectivity index (χ4v) is 5.21. The third-order valence-electron chi connectivity index (χ3n) is 6.17. The summed E-state index contributed by atoms with van der Waals surface area (Å²) in [6.07, 6.45) is 3.12. The van der Waals surface area contributed by atoms with Gasteiger partial charge in [0.2, 0.25) is 5.91 Å². The molecule has 9 heteroatoms. The van der Waals surface area contributed by atoms with Crippen LogP contribution in [0.1, 0.15) is 32.6 Å². The second kappa shape index (κ2) is 11.0. The Hall–Kier alpha value is -2.68. The lowest BCUT2D eigenvalue weighted by Gasteiger charge is -2.37. The van der Waals surface area contributed by atoms with Crippen molar-refractivity contribution in [2.75, 3.05) is 37.7 Å². The quantitative estimate of drug-likeness (QED) is 0.592. The van der Waals surface area contributed by atoms with Crippen molar-refractivity contribution in [3.05, 3.63) is 42.2 Å². The van der Waals surface area contributed by atoms with Gasteiger partial charge in [0.05, 0.1) is 12.5 Å². The number of anilines is 1. The SMILES string of the molecule is CCOC(=O)[C@@H]1CCCN(C(=O)C2CCN(c3ccc(Sc4cccc(F)c4)nn3)CC2)C1. The zero-order valence-corrected chi connectivity index (χ0v) is 19.6. The van der Waals surface area contributed by atoms with Crippen molar-refractivity contribution in [3.8, 4) is 0 Å². The lowest BCUT2D eigenvalue weighted by Crippen LogP contribution is -2.47. The molecule has 0 aliphatic carbocycles. The molecule has 0 spiro atoms. The molecule has 1 aromatic heterocycles. The van der Waals surface area contributed by atoms with Crippen molar-refractivity contribution in [1.82, 2.24) is 15.1 Å². The van der Waals surface area contributed by atoms with Crippen molar-refractivity contribution >= 4 is 29.5 Å². The van der Waals surface area contributed by atoms with Gasteiger partial charge in [-0.3, -0.25) is 9.59 Å². The van der Waals surface area contributed by atoms with Crippen molar-refractivity contribution in [2.24, 2.45) is 11.8 Å². The third kappa shape index (κ3) is 6.01. The van der Waals surface area contributed by atoms with Crippen LogP contribution < -0.4 is 4.90 Å². The molecule has 1 aromatic carbocycles. The minimum absolute atomic E-state index is 0.0297. The Balaban J connectivity index is 1.28. The normalized spacial score (nSPS) is 19.4. The number of halogens is 1. The molecule has 2 aromatic rings. The summed E-state index contributed by atoms with van der Waals surface area (Å²) >= 11 is 1.37. The standard InChI is InChI=1S/C24H29FN4O3S/c1-2-32-24(31)18-5-4-12-29(16-18)23(30)17-10-13-28(14-11-17)21-8-9-22(27-26-21)33-20-7-3-6-19(25)15-20/h3,6-9,15,17-18H,2,4-5,10-14,16H2,1H3/t18-/m1/s1. The first-order valence-corrected chi connectivity index (χ1v) is 12.3. The fourth-order valence-electron chi connectivity index (χ4n) is 4.43. The van der Waals surface area contributed by atoms with Crippen LogP contribution in [0.5, 0.6) is 0 Å². The number of amides is 1. The van der Waals surface area contributed by atoms with E-state index in [9.17, 15) is 14.0 Å². The molecular weight excluding hydrogens is 443 g/mol. The predicted molar refractivity (Wildman–Crippen MR) is 123 cm³/mol. The monoisotopic (exact) mass is 472 g/mol. The van der Waals surface area contributed by atoms with E-state index in [2.05, 4.69) is 15.1 Å². The van der Waals surface area contributed by atoms with Crippen LogP contribution in [0.15, 0.2) is 46.3 Å². The Kier molecular flexibility index (Phi) is 7.80. The number of benzene rings is 1. The van der Waals surface area contributed by atoms with Crippen LogP contribution in [0.2, 0.25) is 0 Å². The molecule has 2 fully saturated rings. The zero-order chi connectivity index (χ0) is 23.2. The lowest BCUT2D eigenvalue weighted by molar-refractivity contribution is -0.152. The van der Waals surface area contributed by atoms with Gasteiger partial charge in [0.1, 0.15) is 10.8 Å². The summed E-state index contributed by atoms with van der Waals surface area (Å²) in [6.45, 7) is 4.82. The Labute approximate surface area is 197 Å². The number of ether oxygens (including phenoxy) is 1. The second-order valence-corrected chi connectivity index (χ2v) is 9.52. The van der Waals surface area contributed by atoms with E-state index in [4.69, 9.17) is 4.74 Å². The van der Waals surface area contributed by atoms with Crippen LogP contribution in [0.3, 0.4) is 0 Å². The molecule has 2 aliphatic rings. The molecule has 1 atom stereocenters. The molecule has 0 radical (unpaired) electrons. The van der Waals surface area contributed by atoms with Crippen LogP contribution >= 0.6 is 11.8 Å². The minimum Gasteiger partial charge on any atom is -0.466 e. The van der Waals surface area contributed by atoms with Crippen LogP contribution in [-0.4, -0.2) is 59.8 Å². The fraction of sp³-hybridized carbons (Fsp3) is 0.500. The molecule has 0 bridgehead atoms. The average Bonchev–Trinajstić information content (AvgIpc) is 2.84. The molecule has 2 saturated heterocycles. The molecule has 0 N–H and O–H groups in total. The number of hydrogen-bond acceptors (Lipinski definition) is 7. The molecule has 4 rings (SSSR count). The number of carbonyl (C=O) groups is 2.